The summed E-state index contributed by atoms with van der Waals surface area (Å²) in [6.45, 7) is 1.42. The van der Waals surface area contributed by atoms with Gasteiger partial charge in [-0.1, -0.05) is 17.5 Å². The molecule has 0 saturated heterocycles. The second kappa shape index (κ2) is 5.98. The number of nitrogens with zero attached hydrogens (tertiary/aromatic N) is 1. The molecule has 0 aromatic heterocycles. The first-order valence-electron chi connectivity index (χ1n) is 6.06. The monoisotopic (exact) mass is 307 g/mol. The van der Waals surface area contributed by atoms with Crippen LogP contribution in [0.15, 0.2) is 24.4 Å². The van der Waals surface area contributed by atoms with Crippen molar-refractivity contribution in [2.24, 2.45) is 5.92 Å². The maximum Gasteiger partial charge on any atom is 0.241 e. The quantitative estimate of drug-likeness (QED) is 0.637. The van der Waals surface area contributed by atoms with Crippen LogP contribution in [0, 0.1) is 24.1 Å². The number of halogens is 2. The van der Waals surface area contributed by atoms with E-state index in [-0.39, 0.29) is 28.8 Å². The number of allylic oxidation sites excluding steroid dienone is 1. The zero-order chi connectivity index (χ0) is 15.6. The highest BCUT2D eigenvalue weighted by molar-refractivity contribution is 6.32. The number of terminal acetylenes is 1. The van der Waals surface area contributed by atoms with Gasteiger partial charge in [-0.2, -0.15) is 0 Å². The average molecular weight is 308 g/mol. The summed E-state index contributed by atoms with van der Waals surface area (Å²) in [4.78, 5) is 24.6. The molecule has 1 amide bonds. The molecule has 1 unspecified atom stereocenters. The first kappa shape index (κ1) is 15.1. The highest BCUT2D eigenvalue weighted by Gasteiger charge is 2.30. The molecule has 0 saturated carbocycles. The largest absolute Gasteiger partial charge is 0.479 e. The third kappa shape index (κ3) is 2.91. The molecule has 1 aromatic carbocycles. The number of carbonyl (C=O) groups excluding carboxylic acids is 2. The van der Waals surface area contributed by atoms with Crippen LogP contribution in [0.1, 0.15) is 6.92 Å². The Bertz CT molecular complexity index is 678. The van der Waals surface area contributed by atoms with Gasteiger partial charge >= 0.3 is 0 Å². The van der Waals surface area contributed by atoms with E-state index in [4.69, 9.17) is 22.8 Å². The van der Waals surface area contributed by atoms with Gasteiger partial charge in [0.25, 0.3) is 0 Å². The number of ketones is 1. The molecule has 6 heteroatoms. The Morgan fingerprint density at radius 1 is 1.48 bits per heavy atom. The zero-order valence-corrected chi connectivity index (χ0v) is 11.9. The predicted molar refractivity (Wildman–Crippen MR) is 76.5 cm³/mol. The SMILES string of the molecule is C#CCOc1cc(N2C=CC(=O)C(C)C2=O)c(F)cc1Cl. The van der Waals surface area contributed by atoms with Crippen LogP contribution in [-0.4, -0.2) is 18.3 Å². The summed E-state index contributed by atoms with van der Waals surface area (Å²) >= 11 is 5.86. The summed E-state index contributed by atoms with van der Waals surface area (Å²) in [5.41, 5.74) is -0.0491. The lowest BCUT2D eigenvalue weighted by Gasteiger charge is -2.25. The van der Waals surface area contributed by atoms with Crippen LogP contribution >= 0.6 is 11.6 Å². The Hall–Kier alpha value is -2.32. The molecule has 2 rings (SSSR count). The van der Waals surface area contributed by atoms with Crippen molar-refractivity contribution in [3.05, 3.63) is 35.2 Å². The highest BCUT2D eigenvalue weighted by atomic mass is 35.5. The first-order chi connectivity index (χ1) is 9.95. The van der Waals surface area contributed by atoms with Crippen LogP contribution in [0.2, 0.25) is 5.02 Å². The Morgan fingerprint density at radius 3 is 2.86 bits per heavy atom. The predicted octanol–water partition coefficient (Wildman–Crippen LogP) is 2.56. The van der Waals surface area contributed by atoms with Gasteiger partial charge in [0.15, 0.2) is 5.78 Å². The van der Waals surface area contributed by atoms with E-state index >= 15 is 0 Å². The fraction of sp³-hybridized carbons (Fsp3) is 0.200. The molecule has 1 atom stereocenters. The van der Waals surface area contributed by atoms with E-state index in [1.165, 1.54) is 25.3 Å². The van der Waals surface area contributed by atoms with Crippen LogP contribution < -0.4 is 9.64 Å². The first-order valence-corrected chi connectivity index (χ1v) is 6.44. The fourth-order valence-corrected chi connectivity index (χ4v) is 2.03. The lowest BCUT2D eigenvalue weighted by molar-refractivity contribution is -0.129. The van der Waals surface area contributed by atoms with E-state index in [1.807, 2.05) is 0 Å². The van der Waals surface area contributed by atoms with Gasteiger partial charge in [0.1, 0.15) is 18.2 Å². The number of hydrogen-bond donors (Lipinski definition) is 0. The molecule has 1 aliphatic rings. The minimum atomic E-state index is -0.861. The minimum absolute atomic E-state index is 0.0382. The summed E-state index contributed by atoms with van der Waals surface area (Å²) in [5, 5.41) is 0.0454. The molecule has 0 spiro atoms. The number of ether oxygens (including phenoxy) is 1. The van der Waals surface area contributed by atoms with Crippen molar-refractivity contribution in [1.82, 2.24) is 0 Å². The number of benzene rings is 1. The summed E-state index contributed by atoms with van der Waals surface area (Å²) in [5.74, 6) is 0.0200. The zero-order valence-electron chi connectivity index (χ0n) is 11.1. The summed E-state index contributed by atoms with van der Waals surface area (Å²) in [6.07, 6.45) is 7.54. The highest BCUT2D eigenvalue weighted by Crippen LogP contribution is 2.34. The smallest absolute Gasteiger partial charge is 0.241 e. The molecule has 0 bridgehead atoms. The van der Waals surface area contributed by atoms with Crippen molar-refractivity contribution >= 4 is 29.0 Å². The van der Waals surface area contributed by atoms with Crippen LogP contribution in [0.25, 0.3) is 0 Å². The third-order valence-electron chi connectivity index (χ3n) is 2.99. The van der Waals surface area contributed by atoms with Gasteiger partial charge in [0.2, 0.25) is 5.91 Å². The van der Waals surface area contributed by atoms with Crippen molar-refractivity contribution in [3.8, 4) is 18.1 Å². The van der Waals surface area contributed by atoms with Crippen molar-refractivity contribution in [3.63, 3.8) is 0 Å². The second-order valence-corrected chi connectivity index (χ2v) is 4.78. The topological polar surface area (TPSA) is 46.6 Å². The maximum atomic E-state index is 14.0. The number of rotatable bonds is 3. The van der Waals surface area contributed by atoms with Crippen molar-refractivity contribution in [1.29, 1.82) is 0 Å². The standard InChI is InChI=1S/C15H11ClFNO3/c1-3-6-21-14-8-12(11(17)7-10(14)16)18-5-4-13(19)9(2)15(18)20/h1,4-5,7-9H,6H2,2H3. The minimum Gasteiger partial charge on any atom is -0.479 e. The van der Waals surface area contributed by atoms with Crippen molar-refractivity contribution in [2.75, 3.05) is 11.5 Å². The van der Waals surface area contributed by atoms with E-state index < -0.39 is 17.6 Å². The average Bonchev–Trinajstić information content (AvgIpc) is 2.45. The van der Waals surface area contributed by atoms with Gasteiger partial charge in [-0.15, -0.1) is 6.42 Å². The van der Waals surface area contributed by atoms with Crippen molar-refractivity contribution in [2.45, 2.75) is 6.92 Å². The molecular weight excluding hydrogens is 297 g/mol. The van der Waals surface area contributed by atoms with Crippen LogP contribution in [0.3, 0.4) is 0 Å². The third-order valence-corrected chi connectivity index (χ3v) is 3.29. The van der Waals surface area contributed by atoms with Crippen LogP contribution in [0.5, 0.6) is 5.75 Å². The van der Waals surface area contributed by atoms with Crippen LogP contribution in [0.4, 0.5) is 10.1 Å². The Morgan fingerprint density at radius 2 is 2.19 bits per heavy atom. The maximum absolute atomic E-state index is 14.0. The van der Waals surface area contributed by atoms with Gasteiger partial charge in [0.05, 0.1) is 16.6 Å². The molecule has 4 nitrogen and oxygen atoms in total. The molecule has 0 aliphatic carbocycles. The molecule has 1 heterocycles. The Balaban J connectivity index is 2.44. The van der Waals surface area contributed by atoms with E-state index in [1.54, 1.807) is 0 Å². The Kier molecular flexibility index (Phi) is 4.29. The fourth-order valence-electron chi connectivity index (χ4n) is 1.83. The number of anilines is 1. The molecule has 0 radical (unpaired) electrons. The summed E-state index contributed by atoms with van der Waals surface area (Å²) in [7, 11) is 0. The number of hydrogen-bond acceptors (Lipinski definition) is 3. The molecular formula is C15H11ClFNO3. The van der Waals surface area contributed by atoms with Gasteiger partial charge in [0, 0.05) is 12.3 Å². The van der Waals surface area contributed by atoms with Gasteiger partial charge in [-0.05, 0) is 19.1 Å². The lowest BCUT2D eigenvalue weighted by atomic mass is 10.0. The summed E-state index contributed by atoms with van der Waals surface area (Å²) in [6, 6.07) is 2.31. The molecule has 0 N–H and O–H groups in total. The molecule has 21 heavy (non-hydrogen) atoms. The molecule has 0 fully saturated rings. The number of carbonyl (C=O) groups is 2. The van der Waals surface area contributed by atoms with Gasteiger partial charge in [-0.3, -0.25) is 14.5 Å². The molecule has 1 aromatic rings. The molecule has 108 valence electrons. The van der Waals surface area contributed by atoms with Gasteiger partial charge in [-0.25, -0.2) is 4.39 Å². The Labute approximate surface area is 126 Å². The van der Waals surface area contributed by atoms with Crippen molar-refractivity contribution < 1.29 is 18.7 Å². The van der Waals surface area contributed by atoms with Gasteiger partial charge < -0.3 is 4.74 Å². The van der Waals surface area contributed by atoms with E-state index in [9.17, 15) is 14.0 Å². The molecule has 1 aliphatic heterocycles. The second-order valence-electron chi connectivity index (χ2n) is 4.37. The van der Waals surface area contributed by atoms with E-state index in [0.29, 0.717) is 0 Å². The van der Waals surface area contributed by atoms with E-state index in [0.717, 1.165) is 11.0 Å². The normalized spacial score (nSPS) is 17.8. The lowest BCUT2D eigenvalue weighted by Crippen LogP contribution is -2.38. The van der Waals surface area contributed by atoms with E-state index in [2.05, 4.69) is 5.92 Å². The van der Waals surface area contributed by atoms with Crippen LogP contribution in [-0.2, 0) is 9.59 Å². The number of amides is 1. The summed E-state index contributed by atoms with van der Waals surface area (Å²) < 4.78 is 19.2.